The standard InChI is InChI=1S/C21H43NO4S/c1-6-7-8-9-10-11-12-27-20(4,5)13-18(17(2)3)19(26)22-21(14-23,15-24)16-25/h17-18,23-25H,6-16H2,1-5H3,(H,22,26). The molecule has 0 aromatic heterocycles. The summed E-state index contributed by atoms with van der Waals surface area (Å²) in [5.74, 6) is 0.781. The zero-order valence-corrected chi connectivity index (χ0v) is 18.9. The second kappa shape index (κ2) is 13.8. The van der Waals surface area contributed by atoms with E-state index in [0.717, 1.165) is 12.2 Å². The van der Waals surface area contributed by atoms with E-state index in [4.69, 9.17) is 0 Å². The Hall–Kier alpha value is -0.300. The lowest BCUT2D eigenvalue weighted by atomic mass is 9.85. The van der Waals surface area contributed by atoms with Crippen LogP contribution < -0.4 is 5.32 Å². The van der Waals surface area contributed by atoms with E-state index < -0.39 is 25.4 Å². The quantitative estimate of drug-likeness (QED) is 0.296. The summed E-state index contributed by atoms with van der Waals surface area (Å²) in [5, 5.41) is 31.1. The monoisotopic (exact) mass is 405 g/mol. The van der Waals surface area contributed by atoms with Gasteiger partial charge in [0.05, 0.1) is 19.8 Å². The lowest BCUT2D eigenvalue weighted by molar-refractivity contribution is -0.131. The summed E-state index contributed by atoms with van der Waals surface area (Å²) in [7, 11) is 0. The normalized spacial score (nSPS) is 13.8. The third-order valence-corrected chi connectivity index (χ3v) is 6.58. The number of thioether (sulfide) groups is 1. The van der Waals surface area contributed by atoms with Gasteiger partial charge in [-0.05, 0) is 24.5 Å². The van der Waals surface area contributed by atoms with E-state index in [0.29, 0.717) is 0 Å². The summed E-state index contributed by atoms with van der Waals surface area (Å²) in [6.07, 6.45) is 8.41. The van der Waals surface area contributed by atoms with Crippen LogP contribution in [0.4, 0.5) is 0 Å². The Morgan fingerprint density at radius 3 is 1.96 bits per heavy atom. The van der Waals surface area contributed by atoms with Gasteiger partial charge in [-0.1, -0.05) is 66.7 Å². The molecule has 0 aromatic rings. The van der Waals surface area contributed by atoms with E-state index in [1.807, 2.05) is 25.6 Å². The fourth-order valence-electron chi connectivity index (χ4n) is 3.07. The van der Waals surface area contributed by atoms with Crippen LogP contribution in [0.3, 0.4) is 0 Å². The number of carbonyl (C=O) groups is 1. The van der Waals surface area contributed by atoms with Crippen LogP contribution in [0.5, 0.6) is 0 Å². The highest BCUT2D eigenvalue weighted by molar-refractivity contribution is 8.00. The zero-order valence-electron chi connectivity index (χ0n) is 18.1. The van der Waals surface area contributed by atoms with E-state index >= 15 is 0 Å². The van der Waals surface area contributed by atoms with Crippen LogP contribution in [-0.2, 0) is 4.79 Å². The largest absolute Gasteiger partial charge is 0.394 e. The maximum Gasteiger partial charge on any atom is 0.224 e. The molecule has 0 aliphatic rings. The molecule has 0 fully saturated rings. The second-order valence-electron chi connectivity index (χ2n) is 8.67. The van der Waals surface area contributed by atoms with E-state index in [-0.39, 0.29) is 22.5 Å². The van der Waals surface area contributed by atoms with E-state index in [2.05, 4.69) is 26.1 Å². The van der Waals surface area contributed by atoms with Crippen LogP contribution in [0.25, 0.3) is 0 Å². The van der Waals surface area contributed by atoms with Crippen LogP contribution in [0.2, 0.25) is 0 Å². The minimum absolute atomic E-state index is 0.0317. The molecule has 0 spiro atoms. The minimum atomic E-state index is -1.36. The number of aliphatic hydroxyl groups excluding tert-OH is 3. The molecule has 1 amide bonds. The van der Waals surface area contributed by atoms with Crippen molar-refractivity contribution >= 4 is 17.7 Å². The molecular formula is C21H43NO4S. The van der Waals surface area contributed by atoms with Crippen molar-refractivity contribution in [1.29, 1.82) is 0 Å². The maximum absolute atomic E-state index is 12.8. The minimum Gasteiger partial charge on any atom is -0.394 e. The van der Waals surface area contributed by atoms with Gasteiger partial charge in [-0.3, -0.25) is 4.79 Å². The molecule has 0 rings (SSSR count). The lowest BCUT2D eigenvalue weighted by Crippen LogP contribution is -2.59. The summed E-state index contributed by atoms with van der Waals surface area (Å²) in [4.78, 5) is 12.8. The first-order chi connectivity index (χ1) is 12.7. The molecule has 0 aliphatic heterocycles. The summed E-state index contributed by atoms with van der Waals surface area (Å²) >= 11 is 1.91. The van der Waals surface area contributed by atoms with Crippen molar-refractivity contribution in [3.8, 4) is 0 Å². The van der Waals surface area contributed by atoms with Crippen molar-refractivity contribution < 1.29 is 20.1 Å². The Bertz CT molecular complexity index is 389. The van der Waals surface area contributed by atoms with Gasteiger partial charge in [-0.2, -0.15) is 11.8 Å². The van der Waals surface area contributed by atoms with E-state index in [9.17, 15) is 20.1 Å². The van der Waals surface area contributed by atoms with Crippen LogP contribution >= 0.6 is 11.8 Å². The molecule has 1 atom stereocenters. The Morgan fingerprint density at radius 1 is 0.963 bits per heavy atom. The highest BCUT2D eigenvalue weighted by atomic mass is 32.2. The Morgan fingerprint density at radius 2 is 1.48 bits per heavy atom. The predicted molar refractivity (Wildman–Crippen MR) is 115 cm³/mol. The molecule has 6 heteroatoms. The first-order valence-corrected chi connectivity index (χ1v) is 11.4. The second-order valence-corrected chi connectivity index (χ2v) is 10.5. The number of aliphatic hydroxyl groups is 3. The molecule has 0 aliphatic carbocycles. The van der Waals surface area contributed by atoms with Crippen LogP contribution in [-0.4, -0.2) is 57.1 Å². The molecule has 1 unspecified atom stereocenters. The van der Waals surface area contributed by atoms with Crippen molar-refractivity contribution in [3.05, 3.63) is 0 Å². The Labute approximate surface area is 170 Å². The van der Waals surface area contributed by atoms with Gasteiger partial charge in [0, 0.05) is 10.7 Å². The maximum atomic E-state index is 12.8. The average Bonchev–Trinajstić information content (AvgIpc) is 2.63. The molecule has 27 heavy (non-hydrogen) atoms. The summed E-state index contributed by atoms with van der Waals surface area (Å²) in [6, 6.07) is 0. The topological polar surface area (TPSA) is 89.8 Å². The van der Waals surface area contributed by atoms with Gasteiger partial charge in [0.15, 0.2) is 0 Å². The van der Waals surface area contributed by atoms with Gasteiger partial charge in [0.1, 0.15) is 5.54 Å². The summed E-state index contributed by atoms with van der Waals surface area (Å²) in [6.45, 7) is 9.12. The first kappa shape index (κ1) is 26.7. The number of hydrogen-bond acceptors (Lipinski definition) is 5. The van der Waals surface area contributed by atoms with E-state index in [1.54, 1.807) is 0 Å². The third-order valence-electron chi connectivity index (χ3n) is 5.14. The lowest BCUT2D eigenvalue weighted by Gasteiger charge is -2.35. The number of hydrogen-bond donors (Lipinski definition) is 4. The van der Waals surface area contributed by atoms with Crippen LogP contribution in [0, 0.1) is 11.8 Å². The molecule has 4 N–H and O–H groups in total. The van der Waals surface area contributed by atoms with Crippen LogP contribution in [0.15, 0.2) is 0 Å². The molecule has 0 bridgehead atoms. The van der Waals surface area contributed by atoms with Crippen LogP contribution in [0.1, 0.15) is 79.6 Å². The van der Waals surface area contributed by atoms with Gasteiger partial charge >= 0.3 is 0 Å². The van der Waals surface area contributed by atoms with Gasteiger partial charge in [0.25, 0.3) is 0 Å². The molecule has 162 valence electrons. The van der Waals surface area contributed by atoms with Crippen molar-refractivity contribution in [2.75, 3.05) is 25.6 Å². The molecular weight excluding hydrogens is 362 g/mol. The van der Waals surface area contributed by atoms with Crippen molar-refractivity contribution in [1.82, 2.24) is 5.32 Å². The first-order valence-electron chi connectivity index (χ1n) is 10.5. The van der Waals surface area contributed by atoms with E-state index in [1.165, 1.54) is 38.5 Å². The third kappa shape index (κ3) is 10.7. The van der Waals surface area contributed by atoms with Gasteiger partial charge in [-0.25, -0.2) is 0 Å². The smallest absolute Gasteiger partial charge is 0.224 e. The molecule has 0 heterocycles. The number of unbranched alkanes of at least 4 members (excludes halogenated alkanes) is 5. The fraction of sp³-hybridized carbons (Fsp3) is 0.952. The average molecular weight is 406 g/mol. The fourth-order valence-corrected chi connectivity index (χ4v) is 4.27. The van der Waals surface area contributed by atoms with Crippen molar-refractivity contribution in [2.45, 2.75) is 89.9 Å². The zero-order chi connectivity index (χ0) is 20.9. The molecule has 0 saturated carbocycles. The number of amides is 1. The summed E-state index contributed by atoms with van der Waals surface area (Å²) in [5.41, 5.74) is -1.36. The van der Waals surface area contributed by atoms with Crippen molar-refractivity contribution in [2.24, 2.45) is 11.8 Å². The highest BCUT2D eigenvalue weighted by Crippen LogP contribution is 2.35. The van der Waals surface area contributed by atoms with Gasteiger partial charge in [0.2, 0.25) is 5.91 Å². The van der Waals surface area contributed by atoms with Crippen molar-refractivity contribution in [3.63, 3.8) is 0 Å². The number of nitrogens with one attached hydrogen (secondary N) is 1. The summed E-state index contributed by atoms with van der Waals surface area (Å²) < 4.78 is -0.0317. The molecule has 5 nitrogen and oxygen atoms in total. The highest BCUT2D eigenvalue weighted by Gasteiger charge is 2.36. The Balaban J connectivity index is 4.62. The number of carbonyl (C=O) groups excluding carboxylic acids is 1. The van der Waals surface area contributed by atoms with Gasteiger partial charge in [-0.15, -0.1) is 0 Å². The molecule has 0 aromatic carbocycles. The SMILES string of the molecule is CCCCCCCCSC(C)(C)CC(C(=O)NC(CO)(CO)CO)C(C)C. The van der Waals surface area contributed by atoms with Gasteiger partial charge < -0.3 is 20.6 Å². The predicted octanol–water partition coefficient (Wildman–Crippen LogP) is 3.35. The molecule has 0 saturated heterocycles. The Kier molecular flexibility index (Phi) is 13.7. The number of rotatable bonds is 16. The molecule has 0 radical (unpaired) electrons.